The summed E-state index contributed by atoms with van der Waals surface area (Å²) < 4.78 is 2.49. The van der Waals surface area contributed by atoms with Gasteiger partial charge in [0, 0.05) is 38.9 Å². The van der Waals surface area contributed by atoms with Gasteiger partial charge < -0.3 is 5.73 Å². The van der Waals surface area contributed by atoms with Gasteiger partial charge in [0.05, 0.1) is 6.04 Å². The normalized spacial score (nSPS) is 17.5. The summed E-state index contributed by atoms with van der Waals surface area (Å²) in [4.78, 5) is 37.8. The van der Waals surface area contributed by atoms with Crippen molar-refractivity contribution in [1.82, 2.24) is 14.0 Å². The summed E-state index contributed by atoms with van der Waals surface area (Å²) >= 11 is 0. The van der Waals surface area contributed by atoms with Gasteiger partial charge in [0.2, 0.25) is 5.91 Å². The Bertz CT molecular complexity index is 913. The molecule has 24 heavy (non-hydrogen) atoms. The van der Waals surface area contributed by atoms with Gasteiger partial charge in [-0.1, -0.05) is 24.3 Å². The number of carbonyl (C=O) groups excluding carboxylic acids is 1. The topological polar surface area (TPSA) is 90.3 Å². The molecular weight excluding hydrogens is 308 g/mol. The van der Waals surface area contributed by atoms with Crippen LogP contribution in [0.25, 0.3) is 0 Å². The van der Waals surface area contributed by atoms with E-state index < -0.39 is 11.9 Å². The van der Waals surface area contributed by atoms with Gasteiger partial charge in [-0.15, -0.1) is 0 Å². The second kappa shape index (κ2) is 6.09. The first-order valence-electron chi connectivity index (χ1n) is 7.74. The number of carbonyl (C=O) groups is 1. The third kappa shape index (κ3) is 2.78. The van der Waals surface area contributed by atoms with Gasteiger partial charge in [-0.25, -0.2) is 4.79 Å². The monoisotopic (exact) mass is 328 g/mol. The molecule has 2 heterocycles. The van der Waals surface area contributed by atoms with Crippen molar-refractivity contribution in [2.45, 2.75) is 25.6 Å². The minimum Gasteiger partial charge on any atom is -0.368 e. The molecule has 0 aliphatic carbocycles. The van der Waals surface area contributed by atoms with E-state index in [0.717, 1.165) is 15.7 Å². The summed E-state index contributed by atoms with van der Waals surface area (Å²) in [6.45, 7) is 0.858. The lowest BCUT2D eigenvalue weighted by atomic mass is 9.93. The molecule has 1 aromatic carbocycles. The van der Waals surface area contributed by atoms with Crippen LogP contribution >= 0.6 is 0 Å². The molecule has 0 bridgehead atoms. The Balaban J connectivity index is 1.98. The molecule has 7 heteroatoms. The lowest BCUT2D eigenvalue weighted by molar-refractivity contribution is -0.124. The van der Waals surface area contributed by atoms with E-state index in [9.17, 15) is 14.4 Å². The maximum absolute atomic E-state index is 12.1. The smallest absolute Gasteiger partial charge is 0.330 e. The van der Waals surface area contributed by atoms with Crippen LogP contribution in [0.15, 0.2) is 39.9 Å². The van der Waals surface area contributed by atoms with E-state index in [1.54, 1.807) is 7.05 Å². The molecule has 1 aromatic heterocycles. The lowest BCUT2D eigenvalue weighted by Crippen LogP contribution is -2.49. The Morgan fingerprint density at radius 1 is 1.17 bits per heavy atom. The van der Waals surface area contributed by atoms with Gasteiger partial charge in [0.25, 0.3) is 5.56 Å². The Kier molecular flexibility index (Phi) is 4.11. The van der Waals surface area contributed by atoms with Crippen LogP contribution < -0.4 is 17.0 Å². The summed E-state index contributed by atoms with van der Waals surface area (Å²) in [6, 6.07) is 8.88. The highest BCUT2D eigenvalue weighted by Crippen LogP contribution is 2.24. The average Bonchev–Trinajstić information content (AvgIpc) is 2.57. The van der Waals surface area contributed by atoms with Crippen molar-refractivity contribution in [2.24, 2.45) is 19.8 Å². The number of fused-ring (bicyclic) bond motifs is 1. The van der Waals surface area contributed by atoms with Crippen LogP contribution in [-0.2, 0) is 38.4 Å². The van der Waals surface area contributed by atoms with E-state index in [0.29, 0.717) is 25.2 Å². The molecular formula is C17H20N4O3. The zero-order valence-electron chi connectivity index (χ0n) is 13.7. The van der Waals surface area contributed by atoms with Crippen LogP contribution in [0.2, 0.25) is 0 Å². The zero-order chi connectivity index (χ0) is 17.4. The third-order valence-electron chi connectivity index (χ3n) is 4.66. The molecule has 1 atom stereocenters. The molecule has 0 radical (unpaired) electrons. The first kappa shape index (κ1) is 16.2. The standard InChI is InChI=1S/C17H20N4O3/c1-19-13(8-15(22)20(2)17(19)24)10-21-9-12-6-4-3-5-11(12)7-14(21)16(18)23/h3-6,8,14H,7,9-10H2,1-2H3,(H2,18,23)/t14-/m0/s1. The van der Waals surface area contributed by atoms with E-state index in [1.165, 1.54) is 17.7 Å². The van der Waals surface area contributed by atoms with Gasteiger partial charge in [-0.2, -0.15) is 0 Å². The van der Waals surface area contributed by atoms with Crippen molar-refractivity contribution < 1.29 is 4.79 Å². The van der Waals surface area contributed by atoms with E-state index in [2.05, 4.69) is 0 Å². The lowest BCUT2D eigenvalue weighted by Gasteiger charge is -2.35. The number of nitrogens with two attached hydrogens (primary N) is 1. The molecule has 0 saturated heterocycles. The molecule has 1 amide bonds. The van der Waals surface area contributed by atoms with Crippen LogP contribution in [-0.4, -0.2) is 26.0 Å². The largest absolute Gasteiger partial charge is 0.368 e. The molecule has 1 aliphatic heterocycles. The molecule has 0 unspecified atom stereocenters. The fourth-order valence-electron chi connectivity index (χ4n) is 3.16. The third-order valence-corrected chi connectivity index (χ3v) is 4.66. The summed E-state index contributed by atoms with van der Waals surface area (Å²) in [5.41, 5.74) is 7.63. The Hall–Kier alpha value is -2.67. The molecule has 0 fully saturated rings. The minimum atomic E-state index is -0.459. The quantitative estimate of drug-likeness (QED) is 0.822. The van der Waals surface area contributed by atoms with Crippen LogP contribution in [0.5, 0.6) is 0 Å². The summed E-state index contributed by atoms with van der Waals surface area (Å²) in [5, 5.41) is 0. The number of primary amides is 1. The highest BCUT2D eigenvalue weighted by atomic mass is 16.2. The molecule has 1 aliphatic rings. The van der Waals surface area contributed by atoms with Crippen LogP contribution in [0, 0.1) is 0 Å². The molecule has 0 spiro atoms. The first-order valence-corrected chi connectivity index (χ1v) is 7.74. The van der Waals surface area contributed by atoms with Gasteiger partial charge in [-0.3, -0.25) is 23.6 Å². The SMILES string of the molecule is Cn1c(CN2Cc3ccccc3C[C@H]2C(N)=O)cc(=O)n(C)c1=O. The number of hydrogen-bond acceptors (Lipinski definition) is 4. The molecule has 2 aromatic rings. The summed E-state index contributed by atoms with van der Waals surface area (Å²) in [5.74, 6) is -0.404. The van der Waals surface area contributed by atoms with E-state index in [4.69, 9.17) is 5.73 Å². The Morgan fingerprint density at radius 2 is 1.83 bits per heavy atom. The van der Waals surface area contributed by atoms with Gasteiger partial charge in [0.15, 0.2) is 0 Å². The average molecular weight is 328 g/mol. The summed E-state index contributed by atoms with van der Waals surface area (Å²) in [7, 11) is 3.06. The highest BCUT2D eigenvalue weighted by molar-refractivity contribution is 5.80. The van der Waals surface area contributed by atoms with Crippen molar-refractivity contribution in [3.8, 4) is 0 Å². The molecule has 126 valence electrons. The van der Waals surface area contributed by atoms with Gasteiger partial charge in [-0.05, 0) is 17.5 Å². The Labute approximate surface area is 138 Å². The predicted octanol–water partition coefficient (Wildman–Crippen LogP) is -0.504. The van der Waals surface area contributed by atoms with Crippen molar-refractivity contribution in [2.75, 3.05) is 0 Å². The van der Waals surface area contributed by atoms with E-state index in [-0.39, 0.29) is 11.2 Å². The van der Waals surface area contributed by atoms with Crippen LogP contribution in [0.1, 0.15) is 16.8 Å². The number of rotatable bonds is 3. The minimum absolute atomic E-state index is 0.309. The first-order chi connectivity index (χ1) is 11.4. The number of amides is 1. The number of hydrogen-bond donors (Lipinski definition) is 1. The second-order valence-electron chi connectivity index (χ2n) is 6.17. The number of benzene rings is 1. The Morgan fingerprint density at radius 3 is 2.50 bits per heavy atom. The number of aromatic nitrogens is 2. The van der Waals surface area contributed by atoms with Crippen molar-refractivity contribution in [1.29, 1.82) is 0 Å². The predicted molar refractivity (Wildman–Crippen MR) is 89.3 cm³/mol. The summed E-state index contributed by atoms with van der Waals surface area (Å²) in [6.07, 6.45) is 0.532. The molecule has 2 N–H and O–H groups in total. The fourth-order valence-corrected chi connectivity index (χ4v) is 3.16. The van der Waals surface area contributed by atoms with Crippen molar-refractivity contribution in [3.05, 3.63) is 68.0 Å². The highest BCUT2D eigenvalue weighted by Gasteiger charge is 2.30. The van der Waals surface area contributed by atoms with Crippen LogP contribution in [0.4, 0.5) is 0 Å². The van der Waals surface area contributed by atoms with Gasteiger partial charge >= 0.3 is 5.69 Å². The van der Waals surface area contributed by atoms with E-state index in [1.807, 2.05) is 29.2 Å². The second-order valence-corrected chi connectivity index (χ2v) is 6.17. The molecule has 3 rings (SSSR count). The zero-order valence-corrected chi connectivity index (χ0v) is 13.7. The van der Waals surface area contributed by atoms with Crippen LogP contribution in [0.3, 0.4) is 0 Å². The maximum atomic E-state index is 12.1. The maximum Gasteiger partial charge on any atom is 0.330 e. The van der Waals surface area contributed by atoms with Gasteiger partial charge in [0.1, 0.15) is 0 Å². The molecule has 0 saturated carbocycles. The van der Waals surface area contributed by atoms with E-state index >= 15 is 0 Å². The molecule has 7 nitrogen and oxygen atoms in total. The fraction of sp³-hybridized carbons (Fsp3) is 0.353. The van der Waals surface area contributed by atoms with Crippen molar-refractivity contribution >= 4 is 5.91 Å². The number of nitrogens with zero attached hydrogens (tertiary/aromatic N) is 3. The van der Waals surface area contributed by atoms with Crippen molar-refractivity contribution in [3.63, 3.8) is 0 Å².